The lowest BCUT2D eigenvalue weighted by molar-refractivity contribution is 0.0377. The zero-order valence-electron chi connectivity index (χ0n) is 15.8. The molecule has 1 fully saturated rings. The van der Waals surface area contributed by atoms with E-state index in [1.807, 2.05) is 42.5 Å². The van der Waals surface area contributed by atoms with E-state index >= 15 is 0 Å². The fourth-order valence-electron chi connectivity index (χ4n) is 3.70. The number of aliphatic hydroxyl groups is 1. The van der Waals surface area contributed by atoms with E-state index in [9.17, 15) is 9.90 Å². The molecule has 0 saturated carbocycles. The fraction of sp³-hybridized carbons (Fsp3) is 0.304. The highest BCUT2D eigenvalue weighted by atomic mass is 16.5. The fourth-order valence-corrected chi connectivity index (χ4v) is 3.70. The molecule has 28 heavy (non-hydrogen) atoms. The molecular formula is C23H24N2O3. The summed E-state index contributed by atoms with van der Waals surface area (Å²) in [7, 11) is 0. The number of carbonyl (C=O) groups is 1. The molecule has 0 bridgehead atoms. The Labute approximate surface area is 165 Å². The number of nitrogens with zero attached hydrogens (tertiary/aromatic N) is 2. The molecule has 5 heteroatoms. The van der Waals surface area contributed by atoms with Crippen LogP contribution in [-0.2, 0) is 4.74 Å². The van der Waals surface area contributed by atoms with Gasteiger partial charge in [-0.2, -0.15) is 0 Å². The van der Waals surface area contributed by atoms with Gasteiger partial charge in [-0.15, -0.1) is 0 Å². The maximum Gasteiger partial charge on any atom is 0.199 e. The Bertz CT molecular complexity index is 912. The number of fused-ring (bicyclic) bond motifs is 1. The molecule has 1 saturated heterocycles. The van der Waals surface area contributed by atoms with Crippen LogP contribution in [0.15, 0.2) is 65.2 Å². The number of carbonyl (C=O) groups excluding carboxylic acids is 1. The van der Waals surface area contributed by atoms with Gasteiger partial charge in [0.1, 0.15) is 5.76 Å². The highest BCUT2D eigenvalue weighted by Gasteiger charge is 2.32. The van der Waals surface area contributed by atoms with Crippen LogP contribution in [-0.4, -0.2) is 60.9 Å². The van der Waals surface area contributed by atoms with Gasteiger partial charge in [-0.05, 0) is 6.42 Å². The molecule has 0 spiro atoms. The molecule has 0 amide bonds. The van der Waals surface area contributed by atoms with Gasteiger partial charge in [0.25, 0.3) is 0 Å². The summed E-state index contributed by atoms with van der Waals surface area (Å²) in [6, 6.07) is 16.8. The molecule has 0 radical (unpaired) electrons. The van der Waals surface area contributed by atoms with E-state index in [0.717, 1.165) is 44.8 Å². The number of aliphatic imine (C=N–C) groups is 1. The zero-order chi connectivity index (χ0) is 19.3. The van der Waals surface area contributed by atoms with Gasteiger partial charge >= 0.3 is 0 Å². The van der Waals surface area contributed by atoms with Crippen LogP contribution in [0.5, 0.6) is 0 Å². The van der Waals surface area contributed by atoms with Gasteiger partial charge in [0.15, 0.2) is 5.78 Å². The second kappa shape index (κ2) is 8.50. The smallest absolute Gasteiger partial charge is 0.199 e. The van der Waals surface area contributed by atoms with Crippen molar-refractivity contribution >= 4 is 17.3 Å². The third kappa shape index (κ3) is 3.77. The standard InChI is InChI=1S/C23H24N2O3/c26-22-18-9-4-5-10-19(18)23(27)20(22)21(17-7-2-1-3-8-17)24-11-6-12-25-13-15-28-16-14-25/h1-5,7-10,26H,6,11-16H2. The van der Waals surface area contributed by atoms with Crippen LogP contribution in [0.25, 0.3) is 5.76 Å². The molecule has 0 aromatic heterocycles. The Morgan fingerprint density at radius 3 is 2.39 bits per heavy atom. The van der Waals surface area contributed by atoms with Crippen LogP contribution in [0.1, 0.15) is 27.9 Å². The summed E-state index contributed by atoms with van der Waals surface area (Å²) in [6.07, 6.45) is 0.894. The first kappa shape index (κ1) is 18.6. The Hall–Kier alpha value is -2.76. The van der Waals surface area contributed by atoms with E-state index in [2.05, 4.69) is 4.90 Å². The van der Waals surface area contributed by atoms with E-state index in [1.54, 1.807) is 12.1 Å². The molecule has 1 heterocycles. The van der Waals surface area contributed by atoms with Gasteiger partial charge in [0.2, 0.25) is 0 Å². The summed E-state index contributed by atoms with van der Waals surface area (Å²) in [4.78, 5) is 20.1. The third-order valence-corrected chi connectivity index (χ3v) is 5.18. The number of ketones is 1. The first-order chi connectivity index (χ1) is 13.8. The van der Waals surface area contributed by atoms with Crippen molar-refractivity contribution in [1.82, 2.24) is 4.90 Å². The SMILES string of the molecule is O=C1C(C(=NCCCN2CCOCC2)c2ccccc2)=C(O)c2ccccc21. The van der Waals surface area contributed by atoms with Crippen molar-refractivity contribution in [1.29, 1.82) is 0 Å². The molecular weight excluding hydrogens is 352 g/mol. The topological polar surface area (TPSA) is 62.1 Å². The third-order valence-electron chi connectivity index (χ3n) is 5.18. The number of hydrogen-bond acceptors (Lipinski definition) is 5. The quantitative estimate of drug-likeness (QED) is 0.620. The van der Waals surface area contributed by atoms with Gasteiger partial charge in [-0.1, -0.05) is 54.6 Å². The van der Waals surface area contributed by atoms with Gasteiger partial charge in [0.05, 0.1) is 24.5 Å². The van der Waals surface area contributed by atoms with Crippen LogP contribution in [0.2, 0.25) is 0 Å². The maximum atomic E-state index is 13.0. The number of allylic oxidation sites excluding steroid dienone is 1. The molecule has 1 aliphatic carbocycles. The van der Waals surface area contributed by atoms with Crippen LogP contribution >= 0.6 is 0 Å². The molecule has 2 aliphatic rings. The first-order valence-corrected chi connectivity index (χ1v) is 9.73. The van der Waals surface area contributed by atoms with Gasteiger partial charge in [-0.25, -0.2) is 0 Å². The monoisotopic (exact) mass is 376 g/mol. The summed E-state index contributed by atoms with van der Waals surface area (Å²) < 4.78 is 5.38. The summed E-state index contributed by atoms with van der Waals surface area (Å²) >= 11 is 0. The van der Waals surface area contributed by atoms with Crippen molar-refractivity contribution in [2.24, 2.45) is 4.99 Å². The summed E-state index contributed by atoms with van der Waals surface area (Å²) in [5.74, 6) is -0.139. The Morgan fingerprint density at radius 1 is 1.00 bits per heavy atom. The number of rotatable bonds is 6. The predicted molar refractivity (Wildman–Crippen MR) is 110 cm³/mol. The van der Waals surface area contributed by atoms with E-state index < -0.39 is 0 Å². The second-order valence-corrected chi connectivity index (χ2v) is 7.00. The Morgan fingerprint density at radius 2 is 1.68 bits per heavy atom. The number of Topliss-reactive ketones (excluding diaryl/α,β-unsaturated/α-hetero) is 1. The largest absolute Gasteiger partial charge is 0.506 e. The first-order valence-electron chi connectivity index (χ1n) is 9.73. The Balaban J connectivity index is 1.58. The molecule has 5 nitrogen and oxygen atoms in total. The van der Waals surface area contributed by atoms with Crippen molar-refractivity contribution in [2.45, 2.75) is 6.42 Å². The predicted octanol–water partition coefficient (Wildman–Crippen LogP) is 3.36. The number of hydrogen-bond donors (Lipinski definition) is 1. The van der Waals surface area contributed by atoms with Crippen molar-refractivity contribution in [3.8, 4) is 0 Å². The lowest BCUT2D eigenvalue weighted by atomic mass is 9.99. The molecule has 1 aliphatic heterocycles. The van der Waals surface area contributed by atoms with Gasteiger partial charge in [0, 0.05) is 42.9 Å². The van der Waals surface area contributed by atoms with Crippen molar-refractivity contribution in [2.75, 3.05) is 39.4 Å². The van der Waals surface area contributed by atoms with Crippen LogP contribution < -0.4 is 0 Å². The minimum Gasteiger partial charge on any atom is -0.506 e. The normalized spacial score (nSPS) is 17.9. The van der Waals surface area contributed by atoms with E-state index in [4.69, 9.17) is 9.73 Å². The molecule has 1 N–H and O–H groups in total. The molecule has 4 rings (SSSR count). The van der Waals surface area contributed by atoms with E-state index in [-0.39, 0.29) is 11.5 Å². The van der Waals surface area contributed by atoms with Gasteiger partial charge < -0.3 is 9.84 Å². The lowest BCUT2D eigenvalue weighted by Crippen LogP contribution is -2.37. The molecule has 0 unspecified atom stereocenters. The number of ether oxygens (including phenoxy) is 1. The molecule has 144 valence electrons. The summed E-state index contributed by atoms with van der Waals surface area (Å²) in [5.41, 5.74) is 2.84. The summed E-state index contributed by atoms with van der Waals surface area (Å²) in [6.45, 7) is 5.03. The highest BCUT2D eigenvalue weighted by molar-refractivity contribution is 6.39. The van der Waals surface area contributed by atoms with Gasteiger partial charge in [-0.3, -0.25) is 14.7 Å². The Kier molecular flexibility index (Phi) is 5.65. The van der Waals surface area contributed by atoms with Crippen LogP contribution in [0.4, 0.5) is 0 Å². The lowest BCUT2D eigenvalue weighted by Gasteiger charge is -2.26. The van der Waals surface area contributed by atoms with E-state index in [0.29, 0.717) is 29.0 Å². The number of benzene rings is 2. The molecule has 2 aromatic carbocycles. The molecule has 2 aromatic rings. The van der Waals surface area contributed by atoms with Crippen LogP contribution in [0, 0.1) is 0 Å². The zero-order valence-corrected chi connectivity index (χ0v) is 15.8. The average Bonchev–Trinajstić information content (AvgIpc) is 3.00. The average molecular weight is 376 g/mol. The minimum atomic E-state index is -0.163. The van der Waals surface area contributed by atoms with E-state index in [1.165, 1.54) is 0 Å². The maximum absolute atomic E-state index is 13.0. The van der Waals surface area contributed by atoms with Crippen LogP contribution in [0.3, 0.4) is 0 Å². The van der Waals surface area contributed by atoms with Crippen molar-refractivity contribution in [3.05, 3.63) is 76.9 Å². The number of morpholine rings is 1. The van der Waals surface area contributed by atoms with Crippen molar-refractivity contribution < 1.29 is 14.6 Å². The highest BCUT2D eigenvalue weighted by Crippen LogP contribution is 2.33. The van der Waals surface area contributed by atoms with Crippen molar-refractivity contribution in [3.63, 3.8) is 0 Å². The molecule has 0 atom stereocenters. The number of aliphatic hydroxyl groups excluding tert-OH is 1. The second-order valence-electron chi connectivity index (χ2n) is 7.00. The minimum absolute atomic E-state index is 0.0244. The summed E-state index contributed by atoms with van der Waals surface area (Å²) in [5, 5.41) is 10.8.